The standard InChI is InChI=1S/C30H28F3N5O/c1-18-17-38(29(21-8-10-23(31)11-9-21)20-4-6-22(7-5-20)30(32)33)19(2)16-37(18)26-14-27(39)36(3)25-13-12-24(15-34)35-28(25)26/h4-14,18-19,29-30H,16-17H2,1-3H3/t18-,19+,29?/m0/s1. The fourth-order valence-electron chi connectivity index (χ4n) is 5.49. The number of fused-ring (bicyclic) bond motifs is 1. The third-order valence-electron chi connectivity index (χ3n) is 7.55. The predicted octanol–water partition coefficient (Wildman–Crippen LogP) is 5.57. The van der Waals surface area contributed by atoms with Crippen LogP contribution >= 0.6 is 0 Å². The predicted molar refractivity (Wildman–Crippen MR) is 144 cm³/mol. The van der Waals surface area contributed by atoms with E-state index >= 15 is 0 Å². The summed E-state index contributed by atoms with van der Waals surface area (Å²) < 4.78 is 41.8. The third-order valence-corrected chi connectivity index (χ3v) is 7.55. The lowest BCUT2D eigenvalue weighted by Crippen LogP contribution is -2.57. The quantitative estimate of drug-likeness (QED) is 0.337. The lowest BCUT2D eigenvalue weighted by Gasteiger charge is -2.48. The molecule has 0 spiro atoms. The third kappa shape index (κ3) is 5.00. The molecular formula is C30H28F3N5O. The van der Waals surface area contributed by atoms with Crippen molar-refractivity contribution in [1.82, 2.24) is 14.5 Å². The number of piperazine rings is 1. The van der Waals surface area contributed by atoms with Gasteiger partial charge in [0, 0.05) is 43.9 Å². The van der Waals surface area contributed by atoms with Crippen LogP contribution in [0.4, 0.5) is 18.9 Å². The Bertz CT molecular complexity index is 1590. The number of hydrogen-bond acceptors (Lipinski definition) is 5. The first-order valence-corrected chi connectivity index (χ1v) is 12.7. The fraction of sp³-hybridized carbons (Fsp3) is 0.300. The molecule has 1 aliphatic rings. The van der Waals surface area contributed by atoms with Crippen molar-refractivity contribution < 1.29 is 13.2 Å². The van der Waals surface area contributed by atoms with E-state index in [1.165, 1.54) is 28.8 Å². The molecule has 0 N–H and O–H groups in total. The summed E-state index contributed by atoms with van der Waals surface area (Å²) in [4.78, 5) is 21.8. The maximum Gasteiger partial charge on any atom is 0.263 e. The molecule has 1 aliphatic heterocycles. The lowest BCUT2D eigenvalue weighted by atomic mass is 9.92. The summed E-state index contributed by atoms with van der Waals surface area (Å²) in [6.07, 6.45) is -2.56. The summed E-state index contributed by atoms with van der Waals surface area (Å²) in [5.74, 6) is -0.349. The van der Waals surface area contributed by atoms with E-state index in [0.29, 0.717) is 29.8 Å². The molecule has 0 bridgehead atoms. The first-order chi connectivity index (χ1) is 18.7. The molecule has 4 aromatic rings. The van der Waals surface area contributed by atoms with Crippen LogP contribution in [0, 0.1) is 17.1 Å². The molecule has 5 rings (SSSR count). The number of aromatic nitrogens is 2. The van der Waals surface area contributed by atoms with Crippen LogP contribution in [0.5, 0.6) is 0 Å². The summed E-state index contributed by atoms with van der Waals surface area (Å²) in [5, 5.41) is 9.43. The van der Waals surface area contributed by atoms with Gasteiger partial charge in [-0.25, -0.2) is 18.2 Å². The van der Waals surface area contributed by atoms with Gasteiger partial charge >= 0.3 is 0 Å². The van der Waals surface area contributed by atoms with Crippen molar-refractivity contribution in [3.05, 3.63) is 105 Å². The van der Waals surface area contributed by atoms with E-state index < -0.39 is 6.43 Å². The molecule has 0 saturated carbocycles. The first kappa shape index (κ1) is 26.4. The number of anilines is 1. The summed E-state index contributed by atoms with van der Waals surface area (Å²) >= 11 is 0. The SMILES string of the molecule is C[C@@H]1CN(c2cc(=O)n(C)c3ccc(C#N)nc23)[C@@H](C)CN1C(c1ccc(F)cc1)c1ccc(C(F)F)cc1. The molecule has 0 amide bonds. The Labute approximate surface area is 224 Å². The van der Waals surface area contributed by atoms with Crippen LogP contribution in [-0.2, 0) is 7.05 Å². The summed E-state index contributed by atoms with van der Waals surface area (Å²) in [6, 6.07) is 19.2. The number of aryl methyl sites for hydroxylation is 1. The monoisotopic (exact) mass is 531 g/mol. The van der Waals surface area contributed by atoms with E-state index in [9.17, 15) is 23.2 Å². The summed E-state index contributed by atoms with van der Waals surface area (Å²) in [5.41, 5.74) is 3.63. The zero-order valence-electron chi connectivity index (χ0n) is 21.9. The van der Waals surface area contributed by atoms with Gasteiger partial charge in [0.2, 0.25) is 0 Å². The van der Waals surface area contributed by atoms with E-state index in [1.54, 1.807) is 49.5 Å². The van der Waals surface area contributed by atoms with E-state index in [1.807, 2.05) is 0 Å². The Morgan fingerprint density at radius 2 is 1.54 bits per heavy atom. The molecule has 1 unspecified atom stereocenters. The highest BCUT2D eigenvalue weighted by Gasteiger charge is 2.36. The average Bonchev–Trinajstić information content (AvgIpc) is 2.93. The Kier molecular flexibility index (Phi) is 7.15. The highest BCUT2D eigenvalue weighted by Crippen LogP contribution is 2.36. The van der Waals surface area contributed by atoms with Crippen molar-refractivity contribution in [3.63, 3.8) is 0 Å². The molecule has 0 aliphatic carbocycles. The molecular weight excluding hydrogens is 503 g/mol. The number of rotatable bonds is 5. The first-order valence-electron chi connectivity index (χ1n) is 12.7. The molecule has 0 radical (unpaired) electrons. The zero-order valence-corrected chi connectivity index (χ0v) is 21.9. The van der Waals surface area contributed by atoms with Gasteiger partial charge in [0.1, 0.15) is 23.1 Å². The van der Waals surface area contributed by atoms with Gasteiger partial charge in [0.15, 0.2) is 0 Å². The minimum absolute atomic E-state index is 0.0377. The topological polar surface area (TPSA) is 65.2 Å². The number of halogens is 3. The number of pyridine rings is 2. The lowest BCUT2D eigenvalue weighted by molar-refractivity contribution is 0.129. The van der Waals surface area contributed by atoms with Gasteiger partial charge in [-0.1, -0.05) is 36.4 Å². The molecule has 9 heteroatoms. The van der Waals surface area contributed by atoms with Crippen molar-refractivity contribution in [2.75, 3.05) is 18.0 Å². The molecule has 39 heavy (non-hydrogen) atoms. The molecule has 2 aromatic heterocycles. The smallest absolute Gasteiger partial charge is 0.263 e. The minimum atomic E-state index is -2.56. The van der Waals surface area contributed by atoms with E-state index in [4.69, 9.17) is 0 Å². The van der Waals surface area contributed by atoms with Gasteiger partial charge in [-0.2, -0.15) is 5.26 Å². The number of nitriles is 1. The number of hydrogen-bond donors (Lipinski definition) is 0. The van der Waals surface area contributed by atoms with Crippen molar-refractivity contribution in [2.45, 2.75) is 38.4 Å². The Balaban J connectivity index is 1.54. The van der Waals surface area contributed by atoms with Crippen molar-refractivity contribution in [3.8, 4) is 6.07 Å². The summed E-state index contributed by atoms with van der Waals surface area (Å²) in [7, 11) is 1.68. The minimum Gasteiger partial charge on any atom is -0.364 e. The highest BCUT2D eigenvalue weighted by atomic mass is 19.3. The summed E-state index contributed by atoms with van der Waals surface area (Å²) in [6.45, 7) is 5.25. The number of alkyl halides is 2. The highest BCUT2D eigenvalue weighted by molar-refractivity contribution is 5.89. The van der Waals surface area contributed by atoms with E-state index in [2.05, 4.69) is 34.7 Å². The Morgan fingerprint density at radius 3 is 2.15 bits per heavy atom. The van der Waals surface area contributed by atoms with Gasteiger partial charge in [-0.3, -0.25) is 9.69 Å². The Morgan fingerprint density at radius 1 is 0.923 bits per heavy atom. The molecule has 1 fully saturated rings. The van der Waals surface area contributed by atoms with Crippen molar-refractivity contribution in [2.24, 2.45) is 7.05 Å². The van der Waals surface area contributed by atoms with Crippen LogP contribution in [0.2, 0.25) is 0 Å². The van der Waals surface area contributed by atoms with Crippen molar-refractivity contribution >= 4 is 16.7 Å². The largest absolute Gasteiger partial charge is 0.364 e. The van der Waals surface area contributed by atoms with E-state index in [-0.39, 0.29) is 40.8 Å². The van der Waals surface area contributed by atoms with Gasteiger partial charge in [-0.15, -0.1) is 0 Å². The van der Waals surface area contributed by atoms with Crippen LogP contribution in [0.25, 0.3) is 11.0 Å². The van der Waals surface area contributed by atoms with Crippen LogP contribution in [0.1, 0.15) is 48.7 Å². The van der Waals surface area contributed by atoms with Crippen LogP contribution in [-0.4, -0.2) is 39.6 Å². The maximum absolute atomic E-state index is 13.8. The number of benzene rings is 2. The molecule has 200 valence electrons. The van der Waals surface area contributed by atoms with Crippen LogP contribution in [0.3, 0.4) is 0 Å². The van der Waals surface area contributed by atoms with Gasteiger partial charge in [-0.05, 0) is 49.2 Å². The molecule has 6 nitrogen and oxygen atoms in total. The molecule has 3 heterocycles. The van der Waals surface area contributed by atoms with Crippen LogP contribution in [0.15, 0.2) is 71.5 Å². The molecule has 2 aromatic carbocycles. The second-order valence-corrected chi connectivity index (χ2v) is 10.1. The second kappa shape index (κ2) is 10.5. The van der Waals surface area contributed by atoms with Gasteiger partial charge in [0.05, 0.1) is 17.2 Å². The van der Waals surface area contributed by atoms with Gasteiger partial charge < -0.3 is 9.47 Å². The van der Waals surface area contributed by atoms with Gasteiger partial charge in [0.25, 0.3) is 12.0 Å². The maximum atomic E-state index is 13.8. The van der Waals surface area contributed by atoms with E-state index in [0.717, 1.165) is 11.1 Å². The average molecular weight is 532 g/mol. The molecule has 1 saturated heterocycles. The second-order valence-electron chi connectivity index (χ2n) is 10.1. The zero-order chi connectivity index (χ0) is 27.8. The van der Waals surface area contributed by atoms with Crippen LogP contribution < -0.4 is 10.5 Å². The molecule has 3 atom stereocenters. The fourth-order valence-corrected chi connectivity index (χ4v) is 5.49. The normalized spacial score (nSPS) is 18.9. The van der Waals surface area contributed by atoms with Crippen molar-refractivity contribution in [1.29, 1.82) is 5.26 Å². The number of nitrogens with zero attached hydrogens (tertiary/aromatic N) is 5. The Hall–Kier alpha value is -4.16.